The van der Waals surface area contributed by atoms with Gasteiger partial charge in [0, 0.05) is 25.2 Å². The standard InChI is InChI=1S/C16H24N4O2/c1-19(2)10-6-9-17-16(22)18-13-11-15(21)20(12-13)14-7-4-3-5-8-14/h3-5,7-8,13H,6,9-12H2,1-2H3,(H2,17,18,22). The van der Waals surface area contributed by atoms with Gasteiger partial charge in [-0.3, -0.25) is 4.79 Å². The van der Waals surface area contributed by atoms with Crippen LogP contribution in [0.5, 0.6) is 0 Å². The van der Waals surface area contributed by atoms with Gasteiger partial charge in [0.1, 0.15) is 0 Å². The number of urea groups is 1. The van der Waals surface area contributed by atoms with Crippen LogP contribution >= 0.6 is 0 Å². The summed E-state index contributed by atoms with van der Waals surface area (Å²) in [4.78, 5) is 27.7. The minimum absolute atomic E-state index is 0.0455. The van der Waals surface area contributed by atoms with Crippen LogP contribution in [-0.4, -0.2) is 56.6 Å². The van der Waals surface area contributed by atoms with E-state index in [1.54, 1.807) is 4.90 Å². The second-order valence-electron chi connectivity index (χ2n) is 5.80. The van der Waals surface area contributed by atoms with E-state index in [1.807, 2.05) is 44.4 Å². The van der Waals surface area contributed by atoms with E-state index in [0.29, 0.717) is 19.5 Å². The maximum atomic E-state index is 12.1. The summed E-state index contributed by atoms with van der Waals surface area (Å²) < 4.78 is 0. The summed E-state index contributed by atoms with van der Waals surface area (Å²) in [6.07, 6.45) is 1.25. The molecule has 6 nitrogen and oxygen atoms in total. The fourth-order valence-electron chi connectivity index (χ4n) is 2.50. The summed E-state index contributed by atoms with van der Waals surface area (Å²) in [6.45, 7) is 2.09. The van der Waals surface area contributed by atoms with E-state index < -0.39 is 0 Å². The smallest absolute Gasteiger partial charge is 0.315 e. The summed E-state index contributed by atoms with van der Waals surface area (Å²) in [5.74, 6) is 0.0455. The number of carbonyl (C=O) groups excluding carboxylic acids is 2. The molecule has 1 saturated heterocycles. The highest BCUT2D eigenvalue weighted by Crippen LogP contribution is 2.20. The lowest BCUT2D eigenvalue weighted by Crippen LogP contribution is -2.43. The van der Waals surface area contributed by atoms with E-state index in [2.05, 4.69) is 15.5 Å². The fraction of sp³-hybridized carbons (Fsp3) is 0.500. The van der Waals surface area contributed by atoms with Gasteiger partial charge in [-0.05, 0) is 39.2 Å². The van der Waals surface area contributed by atoms with Crippen molar-refractivity contribution in [1.82, 2.24) is 15.5 Å². The van der Waals surface area contributed by atoms with Crippen molar-refractivity contribution in [3.63, 3.8) is 0 Å². The Bertz CT molecular complexity index is 504. The third-order valence-electron chi connectivity index (χ3n) is 3.60. The minimum Gasteiger partial charge on any atom is -0.338 e. The summed E-state index contributed by atoms with van der Waals surface area (Å²) in [5.41, 5.74) is 0.878. The Morgan fingerprint density at radius 3 is 2.73 bits per heavy atom. The number of hydrogen-bond donors (Lipinski definition) is 2. The van der Waals surface area contributed by atoms with Crippen molar-refractivity contribution in [3.8, 4) is 0 Å². The van der Waals surface area contributed by atoms with E-state index in [0.717, 1.165) is 18.7 Å². The molecule has 0 bridgehead atoms. The van der Waals surface area contributed by atoms with Crippen LogP contribution in [0, 0.1) is 0 Å². The lowest BCUT2D eigenvalue weighted by atomic mass is 10.2. The number of nitrogens with zero attached hydrogens (tertiary/aromatic N) is 2. The number of para-hydroxylation sites is 1. The molecular weight excluding hydrogens is 280 g/mol. The molecule has 1 unspecified atom stereocenters. The predicted octanol–water partition coefficient (Wildman–Crippen LogP) is 1.04. The van der Waals surface area contributed by atoms with Crippen LogP contribution in [0.15, 0.2) is 30.3 Å². The molecule has 120 valence electrons. The van der Waals surface area contributed by atoms with Crippen LogP contribution in [0.4, 0.5) is 10.5 Å². The highest BCUT2D eigenvalue weighted by atomic mass is 16.2. The summed E-state index contributed by atoms with van der Waals surface area (Å²) in [6, 6.07) is 9.19. The first kappa shape index (κ1) is 16.3. The van der Waals surface area contributed by atoms with Crippen LogP contribution in [0.25, 0.3) is 0 Å². The molecule has 0 aliphatic carbocycles. The largest absolute Gasteiger partial charge is 0.338 e. The zero-order valence-electron chi connectivity index (χ0n) is 13.2. The van der Waals surface area contributed by atoms with Crippen molar-refractivity contribution in [2.45, 2.75) is 18.9 Å². The van der Waals surface area contributed by atoms with Gasteiger partial charge in [-0.1, -0.05) is 18.2 Å². The Labute approximate surface area is 131 Å². The van der Waals surface area contributed by atoms with Crippen LogP contribution in [-0.2, 0) is 4.79 Å². The second-order valence-corrected chi connectivity index (χ2v) is 5.80. The number of benzene rings is 1. The SMILES string of the molecule is CN(C)CCCNC(=O)NC1CC(=O)N(c2ccccc2)C1. The van der Waals surface area contributed by atoms with Gasteiger partial charge >= 0.3 is 6.03 Å². The van der Waals surface area contributed by atoms with Crippen LogP contribution < -0.4 is 15.5 Å². The third-order valence-corrected chi connectivity index (χ3v) is 3.60. The summed E-state index contributed by atoms with van der Waals surface area (Å²) in [7, 11) is 4.00. The lowest BCUT2D eigenvalue weighted by molar-refractivity contribution is -0.117. The molecule has 1 aliphatic heterocycles. The predicted molar refractivity (Wildman–Crippen MR) is 86.9 cm³/mol. The first-order valence-electron chi connectivity index (χ1n) is 7.61. The number of amides is 3. The molecule has 1 aromatic carbocycles. The minimum atomic E-state index is -0.202. The maximum absolute atomic E-state index is 12.1. The molecule has 2 N–H and O–H groups in total. The molecular formula is C16H24N4O2. The van der Waals surface area contributed by atoms with Gasteiger partial charge in [0.05, 0.1) is 6.04 Å². The molecule has 1 aliphatic rings. The monoisotopic (exact) mass is 304 g/mol. The molecule has 1 fully saturated rings. The molecule has 0 saturated carbocycles. The number of anilines is 1. The quantitative estimate of drug-likeness (QED) is 0.772. The van der Waals surface area contributed by atoms with E-state index in [-0.39, 0.29) is 18.0 Å². The molecule has 2 rings (SSSR count). The van der Waals surface area contributed by atoms with Crippen molar-refractivity contribution in [2.75, 3.05) is 38.6 Å². The zero-order valence-corrected chi connectivity index (χ0v) is 13.2. The Balaban J connectivity index is 1.75. The molecule has 1 heterocycles. The average molecular weight is 304 g/mol. The molecule has 6 heteroatoms. The first-order chi connectivity index (χ1) is 10.6. The van der Waals surface area contributed by atoms with Crippen molar-refractivity contribution in [1.29, 1.82) is 0 Å². The Kier molecular flexibility index (Phi) is 5.77. The highest BCUT2D eigenvalue weighted by Gasteiger charge is 2.31. The molecule has 0 radical (unpaired) electrons. The van der Waals surface area contributed by atoms with Crippen molar-refractivity contribution in [2.24, 2.45) is 0 Å². The van der Waals surface area contributed by atoms with Gasteiger partial charge in [-0.25, -0.2) is 4.79 Å². The molecule has 22 heavy (non-hydrogen) atoms. The Hall–Kier alpha value is -2.08. The summed E-state index contributed by atoms with van der Waals surface area (Å²) >= 11 is 0. The van der Waals surface area contributed by atoms with Gasteiger partial charge in [0.15, 0.2) is 0 Å². The molecule has 0 spiro atoms. The molecule has 0 aromatic heterocycles. The van der Waals surface area contributed by atoms with E-state index in [1.165, 1.54) is 0 Å². The molecule has 1 atom stereocenters. The van der Waals surface area contributed by atoms with Gasteiger partial charge in [0.2, 0.25) is 5.91 Å². The molecule has 3 amide bonds. The van der Waals surface area contributed by atoms with Gasteiger partial charge in [-0.2, -0.15) is 0 Å². The highest BCUT2D eigenvalue weighted by molar-refractivity contribution is 5.96. The number of carbonyl (C=O) groups is 2. The second kappa shape index (κ2) is 7.79. The lowest BCUT2D eigenvalue weighted by Gasteiger charge is -2.17. The zero-order chi connectivity index (χ0) is 15.9. The maximum Gasteiger partial charge on any atom is 0.315 e. The topological polar surface area (TPSA) is 64.7 Å². The van der Waals surface area contributed by atoms with Gasteiger partial charge in [-0.15, -0.1) is 0 Å². The van der Waals surface area contributed by atoms with Crippen LogP contribution in [0.3, 0.4) is 0 Å². The van der Waals surface area contributed by atoms with Crippen molar-refractivity contribution in [3.05, 3.63) is 30.3 Å². The van der Waals surface area contributed by atoms with Gasteiger partial charge in [0.25, 0.3) is 0 Å². The Morgan fingerprint density at radius 1 is 1.32 bits per heavy atom. The van der Waals surface area contributed by atoms with Crippen LogP contribution in [0.1, 0.15) is 12.8 Å². The van der Waals surface area contributed by atoms with Crippen molar-refractivity contribution < 1.29 is 9.59 Å². The van der Waals surface area contributed by atoms with Crippen LogP contribution in [0.2, 0.25) is 0 Å². The normalized spacial score (nSPS) is 17.9. The number of hydrogen-bond acceptors (Lipinski definition) is 3. The summed E-state index contributed by atoms with van der Waals surface area (Å²) in [5, 5.41) is 5.70. The van der Waals surface area contributed by atoms with E-state index in [9.17, 15) is 9.59 Å². The van der Waals surface area contributed by atoms with E-state index >= 15 is 0 Å². The van der Waals surface area contributed by atoms with E-state index in [4.69, 9.17) is 0 Å². The van der Waals surface area contributed by atoms with Crippen molar-refractivity contribution >= 4 is 17.6 Å². The third kappa shape index (κ3) is 4.73. The number of rotatable bonds is 6. The number of nitrogens with one attached hydrogen (secondary N) is 2. The Morgan fingerprint density at radius 2 is 2.05 bits per heavy atom. The first-order valence-corrected chi connectivity index (χ1v) is 7.61. The average Bonchev–Trinajstić information content (AvgIpc) is 2.85. The van der Waals surface area contributed by atoms with Gasteiger partial charge < -0.3 is 20.4 Å². The fourth-order valence-corrected chi connectivity index (χ4v) is 2.50. The molecule has 1 aromatic rings.